The molecule has 0 atom stereocenters. The van der Waals surface area contributed by atoms with E-state index >= 15 is 0 Å². The molecule has 2 amide bonds. The van der Waals surface area contributed by atoms with Gasteiger partial charge in [0.25, 0.3) is 5.91 Å². The van der Waals surface area contributed by atoms with Gasteiger partial charge in [0.1, 0.15) is 12.3 Å². The van der Waals surface area contributed by atoms with Gasteiger partial charge in [0.05, 0.1) is 13.7 Å². The Hall–Kier alpha value is -3.52. The monoisotopic (exact) mass is 508 g/mol. The Kier molecular flexibility index (Phi) is 8.15. The molecule has 1 aromatic heterocycles. The van der Waals surface area contributed by atoms with Crippen LogP contribution in [0.4, 0.5) is 0 Å². The molecule has 0 saturated carbocycles. The van der Waals surface area contributed by atoms with Crippen molar-refractivity contribution in [1.82, 2.24) is 9.80 Å². The SMILES string of the molecule is COc1ccc(C(=O)N(CC(=O)N(Cc2ccc3c(c2)OCO3)Cc2sccc2C)CC(C)C)cc1. The molecule has 0 N–H and O–H groups in total. The van der Waals surface area contributed by atoms with Gasteiger partial charge in [-0.3, -0.25) is 9.59 Å². The first-order chi connectivity index (χ1) is 17.3. The predicted octanol–water partition coefficient (Wildman–Crippen LogP) is 5.12. The average molecular weight is 509 g/mol. The zero-order valence-corrected chi connectivity index (χ0v) is 22.0. The summed E-state index contributed by atoms with van der Waals surface area (Å²) < 4.78 is 16.2. The minimum absolute atomic E-state index is 0.00197. The van der Waals surface area contributed by atoms with Gasteiger partial charge in [-0.15, -0.1) is 11.3 Å². The summed E-state index contributed by atoms with van der Waals surface area (Å²) in [6.07, 6.45) is 0. The summed E-state index contributed by atoms with van der Waals surface area (Å²) in [5, 5.41) is 2.03. The largest absolute Gasteiger partial charge is 0.497 e. The lowest BCUT2D eigenvalue weighted by Crippen LogP contribution is -2.43. The van der Waals surface area contributed by atoms with Crippen LogP contribution in [0.3, 0.4) is 0 Å². The fourth-order valence-corrected chi connectivity index (χ4v) is 4.99. The van der Waals surface area contributed by atoms with Gasteiger partial charge in [0, 0.05) is 23.5 Å². The Bertz CT molecular complexity index is 1200. The second-order valence-corrected chi connectivity index (χ2v) is 10.3. The van der Waals surface area contributed by atoms with Crippen LogP contribution >= 0.6 is 11.3 Å². The summed E-state index contributed by atoms with van der Waals surface area (Å²) in [6, 6.07) is 14.8. The third kappa shape index (κ3) is 6.18. The fraction of sp³-hybridized carbons (Fsp3) is 0.357. The number of carbonyl (C=O) groups is 2. The molecule has 36 heavy (non-hydrogen) atoms. The zero-order chi connectivity index (χ0) is 25.7. The van der Waals surface area contributed by atoms with E-state index < -0.39 is 0 Å². The van der Waals surface area contributed by atoms with Crippen LogP contribution in [-0.4, -0.2) is 48.6 Å². The molecule has 3 aromatic rings. The molecule has 190 valence electrons. The number of methoxy groups -OCH3 is 1. The van der Waals surface area contributed by atoms with Gasteiger partial charge < -0.3 is 24.0 Å². The normalized spacial score (nSPS) is 12.0. The molecule has 0 spiro atoms. The van der Waals surface area contributed by atoms with Gasteiger partial charge in [-0.1, -0.05) is 19.9 Å². The molecular weight excluding hydrogens is 476 g/mol. The highest BCUT2D eigenvalue weighted by molar-refractivity contribution is 7.10. The van der Waals surface area contributed by atoms with Crippen LogP contribution < -0.4 is 14.2 Å². The van der Waals surface area contributed by atoms with Crippen LogP contribution in [0, 0.1) is 12.8 Å². The highest BCUT2D eigenvalue weighted by Gasteiger charge is 2.25. The molecule has 2 heterocycles. The molecule has 0 fully saturated rings. The van der Waals surface area contributed by atoms with Gasteiger partial charge >= 0.3 is 0 Å². The molecule has 1 aliphatic rings. The van der Waals surface area contributed by atoms with Crippen molar-refractivity contribution in [3.8, 4) is 17.2 Å². The van der Waals surface area contributed by atoms with Crippen molar-refractivity contribution in [3.05, 3.63) is 75.5 Å². The van der Waals surface area contributed by atoms with Crippen molar-refractivity contribution in [2.45, 2.75) is 33.9 Å². The van der Waals surface area contributed by atoms with Gasteiger partial charge in [-0.2, -0.15) is 0 Å². The lowest BCUT2D eigenvalue weighted by Gasteiger charge is -2.29. The topological polar surface area (TPSA) is 68.3 Å². The van der Waals surface area contributed by atoms with Crippen LogP contribution in [0.1, 0.15) is 40.2 Å². The molecule has 7 nitrogen and oxygen atoms in total. The first kappa shape index (κ1) is 25.6. The smallest absolute Gasteiger partial charge is 0.254 e. The minimum atomic E-state index is -0.171. The standard InChI is InChI=1S/C28H32N2O5S/c1-19(2)14-30(28(32)22-6-8-23(33-4)9-7-22)17-27(31)29(16-26-20(3)11-12-36-26)15-21-5-10-24-25(13-21)35-18-34-24/h5-13,19H,14-18H2,1-4H3. The maximum Gasteiger partial charge on any atom is 0.254 e. The first-order valence-corrected chi connectivity index (χ1v) is 12.8. The molecule has 0 radical (unpaired) electrons. The molecule has 1 aliphatic heterocycles. The number of rotatable bonds is 10. The molecular formula is C28H32N2O5S. The van der Waals surface area contributed by atoms with Gasteiger partial charge in [0.15, 0.2) is 11.5 Å². The number of ether oxygens (including phenoxy) is 3. The number of benzene rings is 2. The van der Waals surface area contributed by atoms with Gasteiger partial charge in [-0.05, 0) is 71.8 Å². The number of nitrogens with zero attached hydrogens (tertiary/aromatic N) is 2. The van der Waals surface area contributed by atoms with Crippen LogP contribution in [0.2, 0.25) is 0 Å². The average Bonchev–Trinajstić information content (AvgIpc) is 3.50. The summed E-state index contributed by atoms with van der Waals surface area (Å²) in [6.45, 7) is 7.68. The Balaban J connectivity index is 1.56. The second kappa shape index (κ2) is 11.5. The Labute approximate surface area is 216 Å². The van der Waals surface area contributed by atoms with Gasteiger partial charge in [0.2, 0.25) is 12.7 Å². The zero-order valence-electron chi connectivity index (χ0n) is 21.2. The Morgan fingerprint density at radius 3 is 2.42 bits per heavy atom. The van der Waals surface area contributed by atoms with Crippen LogP contribution in [0.25, 0.3) is 0 Å². The third-order valence-corrected chi connectivity index (χ3v) is 7.01. The fourth-order valence-electron chi connectivity index (χ4n) is 4.07. The maximum absolute atomic E-state index is 13.7. The van der Waals surface area contributed by atoms with E-state index in [2.05, 4.69) is 6.07 Å². The van der Waals surface area contributed by atoms with Crippen molar-refractivity contribution < 1.29 is 23.8 Å². The number of aryl methyl sites for hydroxylation is 1. The number of thiophene rings is 1. The predicted molar refractivity (Wildman–Crippen MR) is 140 cm³/mol. The second-order valence-electron chi connectivity index (χ2n) is 9.27. The lowest BCUT2D eigenvalue weighted by molar-refractivity contribution is -0.133. The summed E-state index contributed by atoms with van der Waals surface area (Å²) in [5.74, 6) is 2.00. The number of hydrogen-bond donors (Lipinski definition) is 0. The quantitative estimate of drug-likeness (QED) is 0.380. The van der Waals surface area contributed by atoms with E-state index in [0.717, 1.165) is 16.0 Å². The number of amides is 2. The van der Waals surface area contributed by atoms with Crippen molar-refractivity contribution in [1.29, 1.82) is 0 Å². The molecule has 0 saturated heterocycles. The summed E-state index contributed by atoms with van der Waals surface area (Å²) in [7, 11) is 1.59. The molecule has 0 unspecified atom stereocenters. The molecule has 0 aliphatic carbocycles. The summed E-state index contributed by atoms with van der Waals surface area (Å²) in [5.41, 5.74) is 2.62. The number of carbonyl (C=O) groups excluding carboxylic acids is 2. The van der Waals surface area contributed by atoms with Crippen molar-refractivity contribution >= 4 is 23.2 Å². The number of hydrogen-bond acceptors (Lipinski definition) is 6. The van der Waals surface area contributed by atoms with Gasteiger partial charge in [-0.25, -0.2) is 0 Å². The molecule has 2 aromatic carbocycles. The summed E-state index contributed by atoms with van der Waals surface area (Å²) >= 11 is 1.63. The minimum Gasteiger partial charge on any atom is -0.497 e. The summed E-state index contributed by atoms with van der Waals surface area (Å²) in [4.78, 5) is 31.7. The number of fused-ring (bicyclic) bond motifs is 1. The van der Waals surface area contributed by atoms with E-state index in [1.165, 1.54) is 0 Å². The van der Waals surface area contributed by atoms with Crippen molar-refractivity contribution in [3.63, 3.8) is 0 Å². The highest BCUT2D eigenvalue weighted by atomic mass is 32.1. The van der Waals surface area contributed by atoms with Crippen molar-refractivity contribution in [2.24, 2.45) is 5.92 Å². The van der Waals surface area contributed by atoms with E-state index in [-0.39, 0.29) is 31.1 Å². The lowest BCUT2D eigenvalue weighted by atomic mass is 10.1. The van der Waals surface area contributed by atoms with Crippen LogP contribution in [-0.2, 0) is 17.9 Å². The highest BCUT2D eigenvalue weighted by Crippen LogP contribution is 2.33. The molecule has 0 bridgehead atoms. The maximum atomic E-state index is 13.7. The Morgan fingerprint density at radius 2 is 1.75 bits per heavy atom. The van der Waals surface area contributed by atoms with E-state index in [4.69, 9.17) is 14.2 Å². The van der Waals surface area contributed by atoms with Crippen LogP contribution in [0.5, 0.6) is 17.2 Å². The van der Waals surface area contributed by atoms with E-state index in [0.29, 0.717) is 42.4 Å². The molecule has 8 heteroatoms. The van der Waals surface area contributed by atoms with Crippen molar-refractivity contribution in [2.75, 3.05) is 27.0 Å². The molecule has 4 rings (SSSR count). The first-order valence-electron chi connectivity index (χ1n) is 12.0. The Morgan fingerprint density at radius 1 is 1.00 bits per heavy atom. The van der Waals surface area contributed by atoms with E-state index in [1.807, 2.05) is 49.3 Å². The third-order valence-electron chi connectivity index (χ3n) is 6.00. The van der Waals surface area contributed by atoms with E-state index in [9.17, 15) is 9.59 Å². The van der Waals surface area contributed by atoms with Crippen LogP contribution in [0.15, 0.2) is 53.9 Å². The van der Waals surface area contributed by atoms with E-state index in [1.54, 1.807) is 47.6 Å².